The lowest BCUT2D eigenvalue weighted by Crippen LogP contribution is -2.34. The topological polar surface area (TPSA) is 0 Å². The maximum Gasteiger partial charge on any atom is 0.0904 e. The average molecular weight is 184 g/mol. The Kier molecular flexibility index (Phi) is 2.55. The second-order valence-electron chi connectivity index (χ2n) is 3.87. The third-order valence-corrected chi connectivity index (χ3v) is 6.58. The summed E-state index contributed by atoms with van der Waals surface area (Å²) >= 11 is 2.00. The molecule has 0 saturated heterocycles. The molecule has 0 spiro atoms. The van der Waals surface area contributed by atoms with Gasteiger partial charge in [0.15, 0.2) is 0 Å². The number of rotatable bonds is 2. The predicted molar refractivity (Wildman–Crippen MR) is 56.7 cm³/mol. The van der Waals surface area contributed by atoms with E-state index in [-0.39, 0.29) is 0 Å². The number of aryl methyl sites for hydroxylation is 1. The molecule has 0 aliphatic rings. The second-order valence-corrected chi connectivity index (χ2v) is 10.4. The van der Waals surface area contributed by atoms with Gasteiger partial charge in [0.2, 0.25) is 0 Å². The summed E-state index contributed by atoms with van der Waals surface area (Å²) in [4.78, 5) is 1.53. The molecule has 0 nitrogen and oxygen atoms in total. The standard InChI is InChI=1S/C9H16SSi/c1-5-8-6-7-9(10-8)11(2,3)4/h6-7H,5H2,1-4H3. The van der Waals surface area contributed by atoms with Crippen LogP contribution in [0.4, 0.5) is 0 Å². The van der Waals surface area contributed by atoms with E-state index in [0.717, 1.165) is 0 Å². The first-order chi connectivity index (χ1) is 5.04. The molecule has 0 aromatic carbocycles. The molecule has 0 saturated carbocycles. The van der Waals surface area contributed by atoms with Gasteiger partial charge < -0.3 is 0 Å². The van der Waals surface area contributed by atoms with Crippen molar-refractivity contribution in [2.75, 3.05) is 0 Å². The van der Waals surface area contributed by atoms with Gasteiger partial charge in [0, 0.05) is 4.88 Å². The molecule has 0 amide bonds. The van der Waals surface area contributed by atoms with Crippen molar-refractivity contribution < 1.29 is 0 Å². The van der Waals surface area contributed by atoms with Gasteiger partial charge in [-0.3, -0.25) is 0 Å². The van der Waals surface area contributed by atoms with E-state index in [9.17, 15) is 0 Å². The van der Waals surface area contributed by atoms with Crippen LogP contribution in [0.3, 0.4) is 0 Å². The fourth-order valence-corrected chi connectivity index (χ4v) is 3.87. The van der Waals surface area contributed by atoms with Crippen LogP contribution >= 0.6 is 11.3 Å². The zero-order valence-electron chi connectivity index (χ0n) is 7.77. The van der Waals surface area contributed by atoms with E-state index in [1.54, 1.807) is 4.50 Å². The Hall–Kier alpha value is -0.0831. The molecule has 0 aliphatic carbocycles. The van der Waals surface area contributed by atoms with Gasteiger partial charge in [0.1, 0.15) is 0 Å². The van der Waals surface area contributed by atoms with Crippen LogP contribution in [0.5, 0.6) is 0 Å². The van der Waals surface area contributed by atoms with E-state index in [2.05, 4.69) is 38.7 Å². The Morgan fingerprint density at radius 3 is 2.18 bits per heavy atom. The van der Waals surface area contributed by atoms with E-state index in [0.29, 0.717) is 0 Å². The summed E-state index contributed by atoms with van der Waals surface area (Å²) in [6, 6.07) is 4.59. The summed E-state index contributed by atoms with van der Waals surface area (Å²) in [5.74, 6) is 0. The van der Waals surface area contributed by atoms with Gasteiger partial charge >= 0.3 is 0 Å². The largest absolute Gasteiger partial charge is 0.150 e. The fourth-order valence-electron chi connectivity index (χ4n) is 0.971. The van der Waals surface area contributed by atoms with Crippen molar-refractivity contribution in [1.82, 2.24) is 0 Å². The monoisotopic (exact) mass is 184 g/mol. The van der Waals surface area contributed by atoms with Crippen molar-refractivity contribution >= 4 is 23.9 Å². The Morgan fingerprint density at radius 2 is 1.91 bits per heavy atom. The highest BCUT2D eigenvalue weighted by Gasteiger charge is 2.17. The number of hydrogen-bond acceptors (Lipinski definition) is 1. The highest BCUT2D eigenvalue weighted by molar-refractivity contribution is 7.26. The molecule has 62 valence electrons. The summed E-state index contributed by atoms with van der Waals surface area (Å²) < 4.78 is 1.63. The van der Waals surface area contributed by atoms with Crippen LogP contribution in [0.2, 0.25) is 19.6 Å². The van der Waals surface area contributed by atoms with E-state index in [1.165, 1.54) is 11.3 Å². The normalized spacial score (nSPS) is 12.0. The van der Waals surface area contributed by atoms with E-state index < -0.39 is 8.07 Å². The lowest BCUT2D eigenvalue weighted by Gasteiger charge is -2.12. The number of hydrogen-bond donors (Lipinski definition) is 0. The van der Waals surface area contributed by atoms with Gasteiger partial charge in [-0.2, -0.15) is 11.3 Å². The summed E-state index contributed by atoms with van der Waals surface area (Å²) in [5.41, 5.74) is 0. The molecule has 0 bridgehead atoms. The van der Waals surface area contributed by atoms with Crippen molar-refractivity contribution in [2.45, 2.75) is 33.0 Å². The first kappa shape index (κ1) is 9.01. The maximum atomic E-state index is 2.40. The van der Waals surface area contributed by atoms with Crippen molar-refractivity contribution in [3.05, 3.63) is 17.0 Å². The third kappa shape index (κ3) is 2.17. The highest BCUT2D eigenvalue weighted by Crippen LogP contribution is 2.13. The first-order valence-corrected chi connectivity index (χ1v) is 8.45. The molecule has 0 radical (unpaired) electrons. The molecule has 1 heterocycles. The first-order valence-electron chi connectivity index (χ1n) is 4.13. The maximum absolute atomic E-state index is 2.40. The van der Waals surface area contributed by atoms with Gasteiger partial charge in [0.25, 0.3) is 0 Å². The molecule has 0 atom stereocenters. The SMILES string of the molecule is CCc1ccc([Si](C)(C)C)s1. The van der Waals surface area contributed by atoms with Crippen molar-refractivity contribution in [1.29, 1.82) is 0 Å². The van der Waals surface area contributed by atoms with Gasteiger partial charge in [-0.25, -0.2) is 0 Å². The van der Waals surface area contributed by atoms with Gasteiger partial charge in [-0.15, -0.1) is 0 Å². The molecule has 2 heteroatoms. The zero-order valence-corrected chi connectivity index (χ0v) is 9.59. The Balaban J connectivity index is 2.89. The van der Waals surface area contributed by atoms with Crippen LogP contribution in [0.1, 0.15) is 11.8 Å². The van der Waals surface area contributed by atoms with Crippen LogP contribution < -0.4 is 4.50 Å². The zero-order chi connectivity index (χ0) is 8.48. The molecule has 0 aliphatic heterocycles. The minimum Gasteiger partial charge on any atom is -0.150 e. The lowest BCUT2D eigenvalue weighted by atomic mass is 10.4. The number of thiophene rings is 1. The van der Waals surface area contributed by atoms with Crippen molar-refractivity contribution in [2.24, 2.45) is 0 Å². The van der Waals surface area contributed by atoms with Crippen LogP contribution in [-0.2, 0) is 6.42 Å². The molecule has 0 fully saturated rings. The van der Waals surface area contributed by atoms with Crippen molar-refractivity contribution in [3.8, 4) is 0 Å². The predicted octanol–water partition coefficient (Wildman–Crippen LogP) is 2.86. The summed E-state index contributed by atoms with van der Waals surface area (Å²) in [6.07, 6.45) is 1.19. The minimum atomic E-state index is -1.01. The van der Waals surface area contributed by atoms with Crippen LogP contribution in [-0.4, -0.2) is 8.07 Å². The van der Waals surface area contributed by atoms with Crippen LogP contribution in [0, 0.1) is 0 Å². The molecule has 1 aromatic heterocycles. The molecule has 1 rings (SSSR count). The Morgan fingerprint density at radius 1 is 1.27 bits per heavy atom. The summed E-state index contributed by atoms with van der Waals surface area (Å²) in [5, 5.41) is 0. The minimum absolute atomic E-state index is 1.01. The van der Waals surface area contributed by atoms with E-state index in [1.807, 2.05) is 11.3 Å². The van der Waals surface area contributed by atoms with Crippen LogP contribution in [0.15, 0.2) is 12.1 Å². The molecular weight excluding hydrogens is 168 g/mol. The van der Waals surface area contributed by atoms with Gasteiger partial charge in [0.05, 0.1) is 8.07 Å². The Labute approximate surface area is 74.3 Å². The van der Waals surface area contributed by atoms with Crippen LogP contribution in [0.25, 0.3) is 0 Å². The lowest BCUT2D eigenvalue weighted by molar-refractivity contribution is 1.19. The average Bonchev–Trinajstić information content (AvgIpc) is 2.32. The smallest absolute Gasteiger partial charge is 0.0904 e. The van der Waals surface area contributed by atoms with E-state index >= 15 is 0 Å². The van der Waals surface area contributed by atoms with Gasteiger partial charge in [-0.05, 0) is 17.0 Å². The second kappa shape index (κ2) is 3.11. The molecule has 1 aromatic rings. The van der Waals surface area contributed by atoms with Gasteiger partial charge in [-0.1, -0.05) is 32.6 Å². The fraction of sp³-hybridized carbons (Fsp3) is 0.556. The molecule has 0 N–H and O–H groups in total. The third-order valence-electron chi connectivity index (χ3n) is 1.75. The molecular formula is C9H16SSi. The summed E-state index contributed by atoms with van der Waals surface area (Å²) in [6.45, 7) is 9.43. The molecule has 11 heavy (non-hydrogen) atoms. The van der Waals surface area contributed by atoms with Crippen molar-refractivity contribution in [3.63, 3.8) is 0 Å². The highest BCUT2D eigenvalue weighted by atomic mass is 32.1. The quantitative estimate of drug-likeness (QED) is 0.620. The summed E-state index contributed by atoms with van der Waals surface area (Å²) in [7, 11) is -1.01. The molecule has 0 unspecified atom stereocenters. The van der Waals surface area contributed by atoms with E-state index in [4.69, 9.17) is 0 Å². The Bertz CT molecular complexity index is 232.